The van der Waals surface area contributed by atoms with Crippen molar-refractivity contribution in [2.75, 3.05) is 19.8 Å². The van der Waals surface area contributed by atoms with E-state index in [-0.39, 0.29) is 23.8 Å². The van der Waals surface area contributed by atoms with Crippen LogP contribution in [0.25, 0.3) is 0 Å². The molecule has 2 N–H and O–H groups in total. The fraction of sp³-hybridized carbons (Fsp3) is 0.333. The van der Waals surface area contributed by atoms with Crippen LogP contribution in [0.3, 0.4) is 0 Å². The lowest BCUT2D eigenvalue weighted by molar-refractivity contribution is -0.136. The third kappa shape index (κ3) is 7.10. The van der Waals surface area contributed by atoms with Gasteiger partial charge in [0.25, 0.3) is 0 Å². The number of hydrogen-bond acceptors (Lipinski definition) is 8. The van der Waals surface area contributed by atoms with Crippen LogP contribution >= 0.6 is 11.6 Å². The number of rotatable bonds is 11. The van der Waals surface area contributed by atoms with Gasteiger partial charge in [-0.3, -0.25) is 0 Å². The second kappa shape index (κ2) is 13.5. The Balaban J connectivity index is 1.55. The summed E-state index contributed by atoms with van der Waals surface area (Å²) in [6, 6.07) is 16.3. The Morgan fingerprint density at radius 2 is 1.76 bits per heavy atom. The number of esters is 1. The Labute approximate surface area is 251 Å². The molecule has 1 heterocycles. The van der Waals surface area contributed by atoms with Crippen LogP contribution < -0.4 is 29.4 Å². The number of nitriles is 1. The first-order chi connectivity index (χ1) is 20.1. The molecule has 0 bridgehead atoms. The SMILES string of the molecule is CCOc1cc(C2C(C#N)=C(N)Oc3cc(OC(=O)COc4cc(C)c(Cl)c(C)c4)ccc32)ccc1OCCC(C)C. The monoisotopic (exact) mass is 590 g/mol. The molecule has 0 amide bonds. The first-order valence-electron chi connectivity index (χ1n) is 13.8. The van der Waals surface area contributed by atoms with E-state index in [1.807, 2.05) is 39.0 Å². The Morgan fingerprint density at radius 1 is 1.02 bits per heavy atom. The van der Waals surface area contributed by atoms with E-state index in [1.165, 1.54) is 0 Å². The van der Waals surface area contributed by atoms with Crippen LogP contribution in [0.1, 0.15) is 55.4 Å². The summed E-state index contributed by atoms with van der Waals surface area (Å²) in [6.07, 6.45) is 0.915. The molecule has 0 aromatic heterocycles. The summed E-state index contributed by atoms with van der Waals surface area (Å²) in [5, 5.41) is 10.6. The Kier molecular flexibility index (Phi) is 9.87. The highest BCUT2D eigenvalue weighted by Gasteiger charge is 2.32. The molecule has 3 aromatic carbocycles. The predicted octanol–water partition coefficient (Wildman–Crippen LogP) is 6.98. The number of fused-ring (bicyclic) bond motifs is 1. The summed E-state index contributed by atoms with van der Waals surface area (Å²) in [6.45, 7) is 10.6. The Bertz CT molecular complexity index is 1520. The van der Waals surface area contributed by atoms with Crippen LogP contribution in [0.2, 0.25) is 5.02 Å². The van der Waals surface area contributed by atoms with Gasteiger partial charge in [0.1, 0.15) is 28.9 Å². The largest absolute Gasteiger partial charge is 0.490 e. The molecule has 8 nitrogen and oxygen atoms in total. The Hall–Kier alpha value is -4.35. The van der Waals surface area contributed by atoms with Crippen molar-refractivity contribution in [3.05, 3.63) is 87.3 Å². The maximum atomic E-state index is 12.6. The summed E-state index contributed by atoms with van der Waals surface area (Å²) in [5.74, 6) is 1.74. The number of halogens is 1. The van der Waals surface area contributed by atoms with Gasteiger partial charge in [-0.15, -0.1) is 0 Å². The topological polar surface area (TPSA) is 113 Å². The third-order valence-electron chi connectivity index (χ3n) is 6.74. The summed E-state index contributed by atoms with van der Waals surface area (Å²) in [5.41, 5.74) is 9.64. The number of ether oxygens (including phenoxy) is 5. The summed E-state index contributed by atoms with van der Waals surface area (Å²) in [7, 11) is 0. The second-order valence-electron chi connectivity index (χ2n) is 10.4. The van der Waals surface area contributed by atoms with E-state index in [0.717, 1.165) is 23.1 Å². The first-order valence-corrected chi connectivity index (χ1v) is 14.2. The minimum absolute atomic E-state index is 0.0227. The van der Waals surface area contributed by atoms with Crippen molar-refractivity contribution in [1.29, 1.82) is 5.26 Å². The van der Waals surface area contributed by atoms with E-state index in [9.17, 15) is 10.1 Å². The highest BCUT2D eigenvalue weighted by molar-refractivity contribution is 6.32. The van der Waals surface area contributed by atoms with Gasteiger partial charge >= 0.3 is 5.97 Å². The molecular formula is C33H35ClN2O6. The molecule has 0 saturated heterocycles. The lowest BCUT2D eigenvalue weighted by atomic mass is 9.83. The minimum Gasteiger partial charge on any atom is -0.490 e. The molecule has 3 aromatic rings. The summed E-state index contributed by atoms with van der Waals surface area (Å²) in [4.78, 5) is 12.6. The fourth-order valence-corrected chi connectivity index (χ4v) is 4.74. The predicted molar refractivity (Wildman–Crippen MR) is 160 cm³/mol. The smallest absolute Gasteiger partial charge is 0.349 e. The van der Waals surface area contributed by atoms with Gasteiger partial charge in [0.15, 0.2) is 18.1 Å². The summed E-state index contributed by atoms with van der Waals surface area (Å²) < 4.78 is 28.8. The van der Waals surface area contributed by atoms with Gasteiger partial charge in [-0.2, -0.15) is 5.26 Å². The number of carbonyl (C=O) groups excluding carboxylic acids is 1. The van der Waals surface area contributed by atoms with Crippen LogP contribution in [-0.4, -0.2) is 25.8 Å². The van der Waals surface area contributed by atoms with Gasteiger partial charge in [0.2, 0.25) is 5.88 Å². The molecule has 1 unspecified atom stereocenters. The van der Waals surface area contributed by atoms with Gasteiger partial charge in [0, 0.05) is 16.7 Å². The number of hydrogen-bond donors (Lipinski definition) is 1. The Morgan fingerprint density at radius 3 is 2.43 bits per heavy atom. The van der Waals surface area contributed by atoms with Crippen molar-refractivity contribution in [2.24, 2.45) is 11.7 Å². The van der Waals surface area contributed by atoms with Crippen LogP contribution in [0.15, 0.2) is 60.0 Å². The van der Waals surface area contributed by atoms with Crippen molar-refractivity contribution in [3.8, 4) is 34.8 Å². The molecule has 0 spiro atoms. The van der Waals surface area contributed by atoms with Crippen LogP contribution in [0, 0.1) is 31.1 Å². The van der Waals surface area contributed by atoms with Crippen LogP contribution in [0.4, 0.5) is 0 Å². The zero-order chi connectivity index (χ0) is 30.4. The van der Waals surface area contributed by atoms with Crippen molar-refractivity contribution in [2.45, 2.75) is 47.0 Å². The molecule has 1 aliphatic rings. The number of benzene rings is 3. The maximum absolute atomic E-state index is 12.6. The zero-order valence-corrected chi connectivity index (χ0v) is 25.2. The van der Waals surface area contributed by atoms with E-state index in [2.05, 4.69) is 19.9 Å². The van der Waals surface area contributed by atoms with E-state index < -0.39 is 11.9 Å². The number of nitrogens with zero attached hydrogens (tertiary/aromatic N) is 1. The average Bonchev–Trinajstić information content (AvgIpc) is 2.94. The number of nitrogens with two attached hydrogens (primary N) is 1. The molecule has 220 valence electrons. The van der Waals surface area contributed by atoms with Gasteiger partial charge in [0.05, 0.1) is 19.1 Å². The number of carbonyl (C=O) groups is 1. The lowest BCUT2D eigenvalue weighted by Crippen LogP contribution is -2.22. The quantitative estimate of drug-likeness (QED) is 0.188. The highest BCUT2D eigenvalue weighted by atomic mass is 35.5. The standard InChI is InChI=1S/C33H35ClN2O6/c1-6-38-29-15-22(7-10-27(29)39-12-11-19(2)3)31-25-9-8-23(16-28(25)42-33(36)26(31)17-35)41-30(37)18-40-24-13-20(4)32(34)21(5)14-24/h7-10,13-16,19,31H,6,11-12,18,36H2,1-5H3. The lowest BCUT2D eigenvalue weighted by Gasteiger charge is -2.27. The van der Waals surface area contributed by atoms with Crippen LogP contribution in [-0.2, 0) is 4.79 Å². The van der Waals surface area contributed by atoms with E-state index >= 15 is 0 Å². The van der Waals surface area contributed by atoms with E-state index in [0.29, 0.717) is 52.7 Å². The van der Waals surface area contributed by atoms with Gasteiger partial charge < -0.3 is 29.4 Å². The third-order valence-corrected chi connectivity index (χ3v) is 7.34. The van der Waals surface area contributed by atoms with Crippen LogP contribution in [0.5, 0.6) is 28.7 Å². The highest BCUT2D eigenvalue weighted by Crippen LogP contribution is 2.45. The van der Waals surface area contributed by atoms with Crippen molar-refractivity contribution >= 4 is 17.6 Å². The normalized spacial score (nSPS) is 14.1. The van der Waals surface area contributed by atoms with Crippen molar-refractivity contribution in [1.82, 2.24) is 0 Å². The molecule has 42 heavy (non-hydrogen) atoms. The molecule has 0 fully saturated rings. The molecular weight excluding hydrogens is 556 g/mol. The van der Waals surface area contributed by atoms with E-state index in [4.69, 9.17) is 41.0 Å². The van der Waals surface area contributed by atoms with E-state index in [1.54, 1.807) is 30.3 Å². The molecule has 0 aliphatic carbocycles. The summed E-state index contributed by atoms with van der Waals surface area (Å²) >= 11 is 6.21. The second-order valence-corrected chi connectivity index (χ2v) is 10.8. The fourth-order valence-electron chi connectivity index (χ4n) is 4.63. The minimum atomic E-state index is -0.594. The van der Waals surface area contributed by atoms with Gasteiger partial charge in [-0.05, 0) is 80.1 Å². The number of allylic oxidation sites excluding steroid dienone is 1. The number of aryl methyl sites for hydroxylation is 2. The van der Waals surface area contributed by atoms with Gasteiger partial charge in [-0.1, -0.05) is 37.6 Å². The van der Waals surface area contributed by atoms with Gasteiger partial charge in [-0.25, -0.2) is 4.79 Å². The molecule has 0 radical (unpaired) electrons. The molecule has 1 atom stereocenters. The average molecular weight is 591 g/mol. The van der Waals surface area contributed by atoms with Crippen molar-refractivity contribution < 1.29 is 28.5 Å². The zero-order valence-electron chi connectivity index (χ0n) is 24.5. The maximum Gasteiger partial charge on any atom is 0.349 e. The molecule has 1 aliphatic heterocycles. The first kappa shape index (κ1) is 30.6. The molecule has 9 heteroatoms. The molecule has 0 saturated carbocycles. The van der Waals surface area contributed by atoms with Crippen molar-refractivity contribution in [3.63, 3.8) is 0 Å². The molecule has 4 rings (SSSR count).